The first kappa shape index (κ1) is 23.0. The van der Waals surface area contributed by atoms with Gasteiger partial charge in [0.1, 0.15) is 0 Å². The van der Waals surface area contributed by atoms with E-state index < -0.39 is 5.97 Å². The highest BCUT2D eigenvalue weighted by molar-refractivity contribution is 7.98. The van der Waals surface area contributed by atoms with Crippen LogP contribution in [0.2, 0.25) is 0 Å². The molecule has 0 radical (unpaired) electrons. The van der Waals surface area contributed by atoms with Gasteiger partial charge in [-0.15, -0.1) is 11.8 Å². The van der Waals surface area contributed by atoms with Crippen molar-refractivity contribution in [1.29, 1.82) is 0 Å². The zero-order valence-electron chi connectivity index (χ0n) is 18.4. The summed E-state index contributed by atoms with van der Waals surface area (Å²) in [5.41, 5.74) is 3.11. The lowest BCUT2D eigenvalue weighted by Crippen LogP contribution is -2.22. The van der Waals surface area contributed by atoms with Gasteiger partial charge in [-0.05, 0) is 52.5 Å². The normalized spacial score (nSPS) is 11.8. The Hall–Kier alpha value is -2.27. The number of carbonyl (C=O) groups is 2. The molecule has 0 unspecified atom stereocenters. The van der Waals surface area contributed by atoms with Crippen LogP contribution in [0.3, 0.4) is 0 Å². The highest BCUT2D eigenvalue weighted by Gasteiger charge is 2.23. The Bertz CT molecular complexity index is 859. The van der Waals surface area contributed by atoms with Crippen molar-refractivity contribution >= 4 is 29.3 Å². The largest absolute Gasteiger partial charge is 0.452 e. The fourth-order valence-electron chi connectivity index (χ4n) is 2.76. The summed E-state index contributed by atoms with van der Waals surface area (Å²) in [6.45, 7) is 12.3. The van der Waals surface area contributed by atoms with Crippen LogP contribution in [0.15, 0.2) is 47.4 Å². The molecule has 0 bridgehead atoms. The number of amides is 1. The van der Waals surface area contributed by atoms with Gasteiger partial charge in [-0.25, -0.2) is 4.79 Å². The number of anilines is 1. The first-order valence-electron chi connectivity index (χ1n) is 9.68. The number of hydrogen-bond donors (Lipinski definition) is 1. The van der Waals surface area contributed by atoms with Crippen LogP contribution in [-0.4, -0.2) is 24.7 Å². The van der Waals surface area contributed by atoms with E-state index in [4.69, 9.17) is 4.74 Å². The first-order valence-corrected chi connectivity index (χ1v) is 10.9. The minimum atomic E-state index is -0.491. The number of rotatable bonds is 5. The second-order valence-corrected chi connectivity index (χ2v) is 9.97. The van der Waals surface area contributed by atoms with Gasteiger partial charge in [0.05, 0.1) is 11.3 Å². The van der Waals surface area contributed by atoms with Crippen LogP contribution in [0.5, 0.6) is 0 Å². The average molecular weight is 414 g/mol. The highest BCUT2D eigenvalue weighted by atomic mass is 32.2. The molecule has 0 atom stereocenters. The molecule has 29 heavy (non-hydrogen) atoms. The smallest absolute Gasteiger partial charge is 0.338 e. The molecule has 2 rings (SSSR count). The summed E-state index contributed by atoms with van der Waals surface area (Å²) in [6.07, 6.45) is 1.94. The molecular weight excluding hydrogens is 382 g/mol. The van der Waals surface area contributed by atoms with Crippen LogP contribution in [-0.2, 0) is 20.4 Å². The molecule has 0 spiro atoms. The van der Waals surface area contributed by atoms with Gasteiger partial charge in [-0.3, -0.25) is 4.79 Å². The van der Waals surface area contributed by atoms with Crippen LogP contribution >= 0.6 is 11.8 Å². The van der Waals surface area contributed by atoms with Crippen molar-refractivity contribution in [3.63, 3.8) is 0 Å². The second kappa shape index (κ2) is 9.04. The van der Waals surface area contributed by atoms with Crippen LogP contribution < -0.4 is 5.32 Å². The summed E-state index contributed by atoms with van der Waals surface area (Å²) < 4.78 is 5.31. The predicted octanol–water partition coefficient (Wildman–Crippen LogP) is 5.80. The van der Waals surface area contributed by atoms with Crippen LogP contribution in [0, 0.1) is 0 Å². The van der Waals surface area contributed by atoms with Crippen molar-refractivity contribution in [2.24, 2.45) is 0 Å². The molecule has 2 aromatic carbocycles. The maximum absolute atomic E-state index is 12.7. The Balaban J connectivity index is 2.15. The molecular formula is C24H31NO3S. The van der Waals surface area contributed by atoms with Gasteiger partial charge in [-0.2, -0.15) is 0 Å². The summed E-state index contributed by atoms with van der Waals surface area (Å²) in [7, 11) is 0. The van der Waals surface area contributed by atoms with Gasteiger partial charge in [0.25, 0.3) is 5.91 Å². The van der Waals surface area contributed by atoms with Crippen LogP contribution in [0.25, 0.3) is 0 Å². The van der Waals surface area contributed by atoms with Crippen molar-refractivity contribution in [2.75, 3.05) is 18.2 Å². The fourth-order valence-corrected chi connectivity index (χ4v) is 3.31. The molecule has 0 saturated carbocycles. The van der Waals surface area contributed by atoms with E-state index in [9.17, 15) is 9.59 Å². The minimum absolute atomic E-state index is 0.102. The molecule has 0 saturated heterocycles. The van der Waals surface area contributed by atoms with E-state index in [0.717, 1.165) is 16.0 Å². The Labute approximate surface area is 178 Å². The molecule has 0 heterocycles. The number of hydrogen-bond acceptors (Lipinski definition) is 4. The third-order valence-corrected chi connectivity index (χ3v) is 5.41. The van der Waals surface area contributed by atoms with E-state index >= 15 is 0 Å². The zero-order chi connectivity index (χ0) is 21.8. The maximum atomic E-state index is 12.7. The molecule has 1 amide bonds. The summed E-state index contributed by atoms with van der Waals surface area (Å²) >= 11 is 1.54. The van der Waals surface area contributed by atoms with Gasteiger partial charge in [0, 0.05) is 4.90 Å². The fraction of sp³-hybridized carbons (Fsp3) is 0.417. The van der Waals surface area contributed by atoms with Crippen molar-refractivity contribution < 1.29 is 14.3 Å². The molecule has 5 heteroatoms. The second-order valence-electron chi connectivity index (χ2n) is 9.12. The number of carbonyl (C=O) groups excluding carboxylic acids is 2. The van der Waals surface area contributed by atoms with Crippen molar-refractivity contribution in [3.8, 4) is 0 Å². The quantitative estimate of drug-likeness (QED) is 0.497. The number of ether oxygens (including phenoxy) is 1. The van der Waals surface area contributed by atoms with Crippen molar-refractivity contribution in [1.82, 2.24) is 0 Å². The van der Waals surface area contributed by atoms with Gasteiger partial charge >= 0.3 is 5.97 Å². The number of benzene rings is 2. The minimum Gasteiger partial charge on any atom is -0.452 e. The van der Waals surface area contributed by atoms with E-state index in [-0.39, 0.29) is 23.3 Å². The molecule has 0 aliphatic rings. The number of thioether (sulfide) groups is 1. The highest BCUT2D eigenvalue weighted by Crippen LogP contribution is 2.30. The molecule has 2 aromatic rings. The van der Waals surface area contributed by atoms with Crippen LogP contribution in [0.1, 0.15) is 63.0 Å². The van der Waals surface area contributed by atoms with E-state index in [0.29, 0.717) is 11.3 Å². The maximum Gasteiger partial charge on any atom is 0.338 e. The Morgan fingerprint density at radius 3 is 2.00 bits per heavy atom. The SMILES string of the molecule is CSc1ccccc1NC(=O)COC(=O)c1cc(C(C)(C)C)cc(C(C)(C)C)c1. The monoisotopic (exact) mass is 413 g/mol. The molecule has 0 aromatic heterocycles. The van der Waals surface area contributed by atoms with Gasteiger partial charge in [-0.1, -0.05) is 59.7 Å². The zero-order valence-corrected chi connectivity index (χ0v) is 19.2. The molecule has 0 fully saturated rings. The molecule has 156 valence electrons. The average Bonchev–Trinajstić information content (AvgIpc) is 2.64. The van der Waals surface area contributed by atoms with E-state index in [1.807, 2.05) is 42.7 Å². The Morgan fingerprint density at radius 2 is 1.48 bits per heavy atom. The topological polar surface area (TPSA) is 55.4 Å². The van der Waals surface area contributed by atoms with Crippen molar-refractivity contribution in [2.45, 2.75) is 57.3 Å². The lowest BCUT2D eigenvalue weighted by molar-refractivity contribution is -0.119. The molecule has 0 aliphatic heterocycles. The van der Waals surface area contributed by atoms with Gasteiger partial charge in [0.2, 0.25) is 0 Å². The number of esters is 1. The van der Waals surface area contributed by atoms with Gasteiger partial charge in [0.15, 0.2) is 6.61 Å². The van der Waals surface area contributed by atoms with E-state index in [1.54, 1.807) is 11.8 Å². The molecule has 4 nitrogen and oxygen atoms in total. The summed E-state index contributed by atoms with van der Waals surface area (Å²) in [5.74, 6) is -0.849. The number of nitrogens with one attached hydrogen (secondary N) is 1. The van der Waals surface area contributed by atoms with Crippen LogP contribution in [0.4, 0.5) is 5.69 Å². The van der Waals surface area contributed by atoms with Gasteiger partial charge < -0.3 is 10.1 Å². The number of para-hydroxylation sites is 1. The molecule has 0 aliphatic carbocycles. The summed E-state index contributed by atoms with van der Waals surface area (Å²) in [4.78, 5) is 25.9. The lowest BCUT2D eigenvalue weighted by atomic mass is 9.79. The Kier molecular flexibility index (Phi) is 7.17. The molecule has 1 N–H and O–H groups in total. The van der Waals surface area contributed by atoms with E-state index in [1.165, 1.54) is 0 Å². The summed E-state index contributed by atoms with van der Waals surface area (Å²) in [6, 6.07) is 13.4. The van der Waals surface area contributed by atoms with Crippen molar-refractivity contribution in [3.05, 3.63) is 59.2 Å². The third kappa shape index (κ3) is 6.36. The standard InChI is InChI=1S/C24H31NO3S/c1-23(2,3)17-12-16(13-18(14-17)24(4,5)6)22(27)28-15-21(26)25-19-10-8-9-11-20(19)29-7/h8-14H,15H2,1-7H3,(H,25,26). The first-order chi connectivity index (χ1) is 13.4. The van der Waals surface area contributed by atoms with E-state index in [2.05, 4.69) is 52.9 Å². The Morgan fingerprint density at radius 1 is 0.931 bits per heavy atom. The third-order valence-electron chi connectivity index (χ3n) is 4.62. The predicted molar refractivity (Wildman–Crippen MR) is 121 cm³/mol. The lowest BCUT2D eigenvalue weighted by Gasteiger charge is -2.25. The summed E-state index contributed by atoms with van der Waals surface area (Å²) in [5, 5.41) is 2.80.